The third-order valence-corrected chi connectivity index (χ3v) is 11.5. The molecule has 12 heteroatoms. The largest absolute Gasteiger partial charge is 0.336 e. The van der Waals surface area contributed by atoms with Gasteiger partial charge in [0.2, 0.25) is 0 Å². The van der Waals surface area contributed by atoms with E-state index in [1.165, 1.54) is 11.1 Å². The summed E-state index contributed by atoms with van der Waals surface area (Å²) in [5.74, 6) is 1.74. The minimum Gasteiger partial charge on any atom is -0.336 e. The van der Waals surface area contributed by atoms with Crippen molar-refractivity contribution in [3.05, 3.63) is 175 Å². The highest BCUT2D eigenvalue weighted by atomic mass is 35.5. The lowest BCUT2D eigenvalue weighted by Crippen LogP contribution is -2.06. The number of halogens is 6. The first-order valence-electron chi connectivity index (χ1n) is 14.8. The summed E-state index contributed by atoms with van der Waals surface area (Å²) in [6.07, 6.45) is 11.1. The van der Waals surface area contributed by atoms with Crippen LogP contribution in [0.2, 0.25) is 30.1 Å². The molecule has 6 rings (SSSR count). The third kappa shape index (κ3) is 11.4. The Morgan fingerprint density at radius 2 is 0.875 bits per heavy atom. The molecule has 0 N–H and O–H groups in total. The van der Waals surface area contributed by atoms with Crippen LogP contribution in [0.25, 0.3) is 0 Å². The van der Waals surface area contributed by atoms with Crippen molar-refractivity contribution in [2.24, 2.45) is 0 Å². The molecular weight excluding hydrogens is 765 g/mol. The molecule has 0 radical (unpaired) electrons. The molecule has 0 aliphatic carbocycles. The first-order valence-corrected chi connectivity index (χ1v) is 19.1. The molecule has 0 amide bonds. The Labute approximate surface area is 319 Å². The van der Waals surface area contributed by atoms with Crippen LogP contribution in [0.3, 0.4) is 0 Å². The summed E-state index contributed by atoms with van der Waals surface area (Å²) in [6, 6.07) is 27.2. The summed E-state index contributed by atoms with van der Waals surface area (Å²) >= 11 is 40.5. The van der Waals surface area contributed by atoms with Crippen LogP contribution in [0.4, 0.5) is 0 Å². The summed E-state index contributed by atoms with van der Waals surface area (Å²) in [5.41, 5.74) is 4.61. The first kappa shape index (κ1) is 37.0. The van der Waals surface area contributed by atoms with E-state index >= 15 is 0 Å². The predicted molar refractivity (Wildman–Crippen MR) is 208 cm³/mol. The molecule has 4 nitrogen and oxygen atoms in total. The molecule has 0 aliphatic rings. The molecule has 2 aromatic heterocycles. The van der Waals surface area contributed by atoms with Crippen molar-refractivity contribution in [2.75, 3.05) is 0 Å². The number of hydrogen-bond acceptors (Lipinski definition) is 4. The van der Waals surface area contributed by atoms with Gasteiger partial charge in [-0.15, -0.1) is 23.5 Å². The van der Waals surface area contributed by atoms with Crippen molar-refractivity contribution >= 4 is 93.1 Å². The number of nitrogens with zero attached hydrogens (tertiary/aromatic N) is 4. The van der Waals surface area contributed by atoms with Gasteiger partial charge in [0.05, 0.1) is 12.7 Å². The van der Waals surface area contributed by atoms with E-state index < -0.39 is 0 Å². The van der Waals surface area contributed by atoms with E-state index in [2.05, 4.69) is 19.1 Å². The van der Waals surface area contributed by atoms with Crippen LogP contribution in [0.1, 0.15) is 32.8 Å². The van der Waals surface area contributed by atoms with Gasteiger partial charge in [-0.25, -0.2) is 9.97 Å². The second-order valence-corrected chi connectivity index (χ2v) is 15.6. The fourth-order valence-corrected chi connectivity index (χ4v) is 8.69. The molecule has 0 saturated carbocycles. The Morgan fingerprint density at radius 1 is 0.500 bits per heavy atom. The van der Waals surface area contributed by atoms with Gasteiger partial charge in [-0.2, -0.15) is 0 Å². The second kappa shape index (κ2) is 18.7. The van der Waals surface area contributed by atoms with Crippen LogP contribution < -0.4 is 0 Å². The molecule has 0 aliphatic heterocycles. The fraction of sp³-hybridized carbons (Fsp3) is 0.167. The van der Waals surface area contributed by atoms with Crippen molar-refractivity contribution in [3.8, 4) is 0 Å². The maximum atomic E-state index is 6.43. The molecule has 2 unspecified atom stereocenters. The molecule has 0 bridgehead atoms. The van der Waals surface area contributed by atoms with Crippen LogP contribution in [-0.2, 0) is 24.6 Å². The normalized spacial score (nSPS) is 12.3. The Hall–Kier alpha value is -2.26. The zero-order valence-electron chi connectivity index (χ0n) is 25.4. The van der Waals surface area contributed by atoms with Crippen LogP contribution in [0.5, 0.6) is 0 Å². The SMILES string of the molecule is Clc1ccc(CSC(Cn2ccnc2)c2ccc(Cl)cc2Cl)cc1.Clc1ccc(CSC(Cn2ccnc2)c2ccc(Cl)cc2Cl)cc1. The molecular formula is C36H30Cl6N4S2. The molecule has 248 valence electrons. The minimum atomic E-state index is 0.194. The molecule has 0 spiro atoms. The minimum absolute atomic E-state index is 0.194. The molecule has 6 aromatic rings. The lowest BCUT2D eigenvalue weighted by molar-refractivity contribution is 0.683. The molecule has 48 heavy (non-hydrogen) atoms. The van der Waals surface area contributed by atoms with E-state index in [4.69, 9.17) is 69.6 Å². The van der Waals surface area contributed by atoms with Crippen LogP contribution in [0.15, 0.2) is 122 Å². The monoisotopic (exact) mass is 792 g/mol. The quantitative estimate of drug-likeness (QED) is 0.124. The van der Waals surface area contributed by atoms with E-state index in [1.54, 1.807) is 24.5 Å². The fourth-order valence-electron chi connectivity index (χ4n) is 4.73. The van der Waals surface area contributed by atoms with Crippen molar-refractivity contribution in [1.82, 2.24) is 19.1 Å². The summed E-state index contributed by atoms with van der Waals surface area (Å²) < 4.78 is 4.12. The topological polar surface area (TPSA) is 35.6 Å². The number of hydrogen-bond donors (Lipinski definition) is 0. The highest BCUT2D eigenvalue weighted by Gasteiger charge is 2.18. The van der Waals surface area contributed by atoms with Gasteiger partial charge < -0.3 is 9.13 Å². The van der Waals surface area contributed by atoms with Crippen molar-refractivity contribution in [2.45, 2.75) is 35.1 Å². The van der Waals surface area contributed by atoms with E-state index in [0.717, 1.165) is 45.8 Å². The zero-order valence-corrected chi connectivity index (χ0v) is 31.6. The predicted octanol–water partition coefficient (Wildman–Crippen LogP) is 13.0. The van der Waals surface area contributed by atoms with E-state index in [-0.39, 0.29) is 10.5 Å². The Balaban J connectivity index is 0.000000188. The summed E-state index contributed by atoms with van der Waals surface area (Å²) in [7, 11) is 0. The van der Waals surface area contributed by atoms with E-state index in [1.807, 2.05) is 121 Å². The number of thioether (sulfide) groups is 2. The third-order valence-electron chi connectivity index (χ3n) is 7.22. The number of aromatic nitrogens is 4. The smallest absolute Gasteiger partial charge is 0.0946 e. The van der Waals surface area contributed by atoms with Crippen LogP contribution in [-0.4, -0.2) is 19.1 Å². The summed E-state index contributed by atoms with van der Waals surface area (Å²) in [4.78, 5) is 8.24. The van der Waals surface area contributed by atoms with Gasteiger partial charge in [-0.05, 0) is 70.8 Å². The van der Waals surface area contributed by atoms with Gasteiger partial charge >= 0.3 is 0 Å². The maximum Gasteiger partial charge on any atom is 0.0946 e. The molecule has 0 saturated heterocycles. The standard InChI is InChI=1S/2C18H15Cl3N2S/c2*19-14-3-1-13(2-4-14)11-24-18(10-23-8-7-22-12-23)16-6-5-15(20)9-17(16)21/h2*1-9,12,18H,10-11H2. The highest BCUT2D eigenvalue weighted by Crippen LogP contribution is 2.39. The average molecular weight is 796 g/mol. The van der Waals surface area contributed by atoms with Gasteiger partial charge in [-0.3, -0.25) is 0 Å². The number of benzene rings is 4. The number of imidazole rings is 2. The molecule has 2 atom stereocenters. The van der Waals surface area contributed by atoms with Crippen LogP contribution >= 0.6 is 93.1 Å². The van der Waals surface area contributed by atoms with Gasteiger partial charge in [-0.1, -0.05) is 106 Å². The van der Waals surface area contributed by atoms with Crippen molar-refractivity contribution in [3.63, 3.8) is 0 Å². The molecule has 0 fully saturated rings. The molecule has 2 heterocycles. The lowest BCUT2D eigenvalue weighted by atomic mass is 10.1. The second-order valence-electron chi connectivity index (χ2n) is 10.7. The van der Waals surface area contributed by atoms with Gasteiger partial charge in [0.15, 0.2) is 0 Å². The summed E-state index contributed by atoms with van der Waals surface area (Å²) in [5, 5.41) is 4.56. The van der Waals surface area contributed by atoms with Crippen molar-refractivity contribution < 1.29 is 0 Å². The lowest BCUT2D eigenvalue weighted by Gasteiger charge is -2.19. The Bertz CT molecular complexity index is 1710. The zero-order chi connectivity index (χ0) is 33.9. The Morgan fingerprint density at radius 3 is 1.21 bits per heavy atom. The number of rotatable bonds is 12. The highest BCUT2D eigenvalue weighted by molar-refractivity contribution is 7.99. The first-order chi connectivity index (χ1) is 23.2. The van der Waals surface area contributed by atoms with Gasteiger partial charge in [0.1, 0.15) is 0 Å². The van der Waals surface area contributed by atoms with Gasteiger partial charge in [0, 0.05) is 90.0 Å². The summed E-state index contributed by atoms with van der Waals surface area (Å²) in [6.45, 7) is 1.58. The molecule has 4 aromatic carbocycles. The van der Waals surface area contributed by atoms with Gasteiger partial charge in [0.25, 0.3) is 0 Å². The Kier molecular flexibility index (Phi) is 14.4. The van der Waals surface area contributed by atoms with Crippen LogP contribution in [0, 0.1) is 0 Å². The van der Waals surface area contributed by atoms with E-state index in [9.17, 15) is 0 Å². The maximum absolute atomic E-state index is 6.43. The van der Waals surface area contributed by atoms with Crippen molar-refractivity contribution in [1.29, 1.82) is 0 Å². The van der Waals surface area contributed by atoms with E-state index in [0.29, 0.717) is 20.1 Å². The average Bonchev–Trinajstić information content (AvgIpc) is 3.78.